The molecule has 18 heavy (non-hydrogen) atoms. The molecule has 2 nitrogen and oxygen atoms in total. The zero-order valence-corrected chi connectivity index (χ0v) is 12.0. The monoisotopic (exact) mass is 251 g/mol. The molecule has 0 amide bonds. The fourth-order valence-corrected chi connectivity index (χ4v) is 4.26. The van der Waals surface area contributed by atoms with Gasteiger partial charge in [0.1, 0.15) is 0 Å². The van der Waals surface area contributed by atoms with Gasteiger partial charge in [-0.05, 0) is 56.8 Å². The zero-order valence-electron chi connectivity index (χ0n) is 12.0. The van der Waals surface area contributed by atoms with Crippen LogP contribution in [0.5, 0.6) is 0 Å². The summed E-state index contributed by atoms with van der Waals surface area (Å²) >= 11 is 0. The Hall–Kier alpha value is -0.0800. The topological polar surface area (TPSA) is 21.3 Å². The molecule has 2 saturated carbocycles. The van der Waals surface area contributed by atoms with Crippen molar-refractivity contribution in [1.82, 2.24) is 5.32 Å². The summed E-state index contributed by atoms with van der Waals surface area (Å²) in [4.78, 5) is 0. The molecule has 1 atom stereocenters. The van der Waals surface area contributed by atoms with Crippen molar-refractivity contribution in [2.75, 3.05) is 13.2 Å². The second kappa shape index (κ2) is 5.13. The van der Waals surface area contributed by atoms with Gasteiger partial charge in [0.05, 0.1) is 5.60 Å². The molecule has 1 heterocycles. The molecule has 1 saturated heterocycles. The maximum Gasteiger partial charge on any atom is 0.0697 e. The molecule has 1 N–H and O–H groups in total. The van der Waals surface area contributed by atoms with Crippen LogP contribution in [0.25, 0.3) is 0 Å². The Balaban J connectivity index is 1.50. The smallest absolute Gasteiger partial charge is 0.0697 e. The molecule has 0 aromatic rings. The molecule has 0 radical (unpaired) electrons. The lowest BCUT2D eigenvalue weighted by molar-refractivity contribution is -0.136. The van der Waals surface area contributed by atoms with Crippen LogP contribution in [0.3, 0.4) is 0 Å². The lowest BCUT2D eigenvalue weighted by Gasteiger charge is -2.48. The molecule has 2 aliphatic carbocycles. The van der Waals surface area contributed by atoms with Crippen molar-refractivity contribution in [3.63, 3.8) is 0 Å². The van der Waals surface area contributed by atoms with Crippen molar-refractivity contribution in [2.24, 2.45) is 5.41 Å². The average molecular weight is 251 g/mol. The SMILES string of the molecule is CCC1(CNC2CCOC3(CCC3)C2)CCCC1. The first-order valence-electron chi connectivity index (χ1n) is 8.13. The Morgan fingerprint density at radius 3 is 2.50 bits per heavy atom. The van der Waals surface area contributed by atoms with E-state index in [4.69, 9.17) is 4.74 Å². The van der Waals surface area contributed by atoms with Gasteiger partial charge in [-0.25, -0.2) is 0 Å². The maximum atomic E-state index is 6.01. The van der Waals surface area contributed by atoms with E-state index < -0.39 is 0 Å². The van der Waals surface area contributed by atoms with Gasteiger partial charge in [-0.2, -0.15) is 0 Å². The van der Waals surface area contributed by atoms with Gasteiger partial charge in [0.2, 0.25) is 0 Å². The zero-order chi connectivity index (χ0) is 12.5. The summed E-state index contributed by atoms with van der Waals surface area (Å²) in [5, 5.41) is 3.90. The summed E-state index contributed by atoms with van der Waals surface area (Å²) in [6.07, 6.45) is 13.7. The standard InChI is InChI=1S/C16H29NO/c1-2-15(7-3-4-8-15)13-17-14-6-11-18-16(12-14)9-5-10-16/h14,17H,2-13H2,1H3. The molecule has 3 fully saturated rings. The Morgan fingerprint density at radius 1 is 1.11 bits per heavy atom. The van der Waals surface area contributed by atoms with E-state index in [9.17, 15) is 0 Å². The fourth-order valence-electron chi connectivity index (χ4n) is 4.26. The number of hydrogen-bond donors (Lipinski definition) is 1. The van der Waals surface area contributed by atoms with Crippen LogP contribution in [-0.4, -0.2) is 24.8 Å². The van der Waals surface area contributed by atoms with Gasteiger partial charge < -0.3 is 10.1 Å². The first-order valence-corrected chi connectivity index (χ1v) is 8.13. The van der Waals surface area contributed by atoms with Crippen LogP contribution in [0.1, 0.15) is 71.1 Å². The molecule has 2 heteroatoms. The Kier molecular flexibility index (Phi) is 3.68. The van der Waals surface area contributed by atoms with Crippen molar-refractivity contribution in [1.29, 1.82) is 0 Å². The molecule has 1 spiro atoms. The van der Waals surface area contributed by atoms with Crippen molar-refractivity contribution in [3.05, 3.63) is 0 Å². The fraction of sp³-hybridized carbons (Fsp3) is 1.00. The Bertz CT molecular complexity index is 279. The van der Waals surface area contributed by atoms with Crippen molar-refractivity contribution >= 4 is 0 Å². The van der Waals surface area contributed by atoms with E-state index >= 15 is 0 Å². The van der Waals surface area contributed by atoms with E-state index in [1.54, 1.807) is 0 Å². The molecule has 0 aromatic carbocycles. The largest absolute Gasteiger partial charge is 0.375 e. The van der Waals surface area contributed by atoms with Crippen molar-refractivity contribution < 1.29 is 4.74 Å². The van der Waals surface area contributed by atoms with Crippen LogP contribution >= 0.6 is 0 Å². The third-order valence-corrected chi connectivity index (χ3v) is 5.94. The molecule has 1 aliphatic heterocycles. The lowest BCUT2D eigenvalue weighted by Crippen LogP contribution is -2.52. The second-order valence-corrected chi connectivity index (χ2v) is 7.02. The van der Waals surface area contributed by atoms with Gasteiger partial charge in [0.25, 0.3) is 0 Å². The van der Waals surface area contributed by atoms with E-state index in [1.807, 2.05) is 0 Å². The van der Waals surface area contributed by atoms with Gasteiger partial charge in [-0.15, -0.1) is 0 Å². The number of nitrogens with one attached hydrogen (secondary N) is 1. The van der Waals surface area contributed by atoms with Gasteiger partial charge in [0, 0.05) is 19.2 Å². The van der Waals surface area contributed by atoms with Crippen LogP contribution in [-0.2, 0) is 4.74 Å². The highest BCUT2D eigenvalue weighted by atomic mass is 16.5. The molecular weight excluding hydrogens is 222 g/mol. The van der Waals surface area contributed by atoms with Crippen LogP contribution in [0.2, 0.25) is 0 Å². The van der Waals surface area contributed by atoms with Gasteiger partial charge in [0.15, 0.2) is 0 Å². The molecule has 3 rings (SSSR count). The Labute approximate surface area is 112 Å². The summed E-state index contributed by atoms with van der Waals surface area (Å²) in [6.45, 7) is 4.62. The van der Waals surface area contributed by atoms with E-state index in [1.165, 1.54) is 70.8 Å². The average Bonchev–Trinajstić information content (AvgIpc) is 2.84. The van der Waals surface area contributed by atoms with E-state index in [0.29, 0.717) is 11.0 Å². The molecule has 0 bridgehead atoms. The minimum absolute atomic E-state index is 0.297. The third kappa shape index (κ3) is 2.46. The molecule has 0 aromatic heterocycles. The van der Waals surface area contributed by atoms with Gasteiger partial charge in [-0.1, -0.05) is 19.8 Å². The minimum Gasteiger partial charge on any atom is -0.375 e. The highest BCUT2D eigenvalue weighted by Crippen LogP contribution is 2.43. The Morgan fingerprint density at radius 2 is 1.89 bits per heavy atom. The van der Waals surface area contributed by atoms with Crippen molar-refractivity contribution in [2.45, 2.75) is 82.8 Å². The molecule has 1 unspecified atom stereocenters. The predicted molar refractivity (Wildman–Crippen MR) is 74.8 cm³/mol. The van der Waals surface area contributed by atoms with Gasteiger partial charge in [-0.3, -0.25) is 0 Å². The molecule has 104 valence electrons. The van der Waals surface area contributed by atoms with Crippen molar-refractivity contribution in [3.8, 4) is 0 Å². The van der Waals surface area contributed by atoms with E-state index in [2.05, 4.69) is 12.2 Å². The highest BCUT2D eigenvalue weighted by molar-refractivity contribution is 4.97. The summed E-state index contributed by atoms with van der Waals surface area (Å²) in [5.41, 5.74) is 0.927. The van der Waals surface area contributed by atoms with E-state index in [-0.39, 0.29) is 0 Å². The summed E-state index contributed by atoms with van der Waals surface area (Å²) in [7, 11) is 0. The molecular formula is C16H29NO. The number of ether oxygens (including phenoxy) is 1. The first kappa shape index (κ1) is 12.9. The summed E-state index contributed by atoms with van der Waals surface area (Å²) < 4.78 is 6.01. The second-order valence-electron chi connectivity index (χ2n) is 7.02. The summed E-state index contributed by atoms with van der Waals surface area (Å²) in [6, 6.07) is 0.725. The van der Waals surface area contributed by atoms with Crippen LogP contribution < -0.4 is 5.32 Å². The van der Waals surface area contributed by atoms with Gasteiger partial charge >= 0.3 is 0 Å². The third-order valence-electron chi connectivity index (χ3n) is 5.94. The first-order chi connectivity index (χ1) is 8.76. The highest BCUT2D eigenvalue weighted by Gasteiger charge is 2.43. The lowest BCUT2D eigenvalue weighted by atomic mass is 9.73. The molecule has 3 aliphatic rings. The van der Waals surface area contributed by atoms with E-state index in [0.717, 1.165) is 12.6 Å². The number of rotatable bonds is 4. The minimum atomic E-state index is 0.297. The van der Waals surface area contributed by atoms with Crippen LogP contribution in [0, 0.1) is 5.41 Å². The summed E-state index contributed by atoms with van der Waals surface area (Å²) in [5.74, 6) is 0. The van der Waals surface area contributed by atoms with Crippen LogP contribution in [0.15, 0.2) is 0 Å². The number of hydrogen-bond acceptors (Lipinski definition) is 2. The quantitative estimate of drug-likeness (QED) is 0.823. The predicted octanol–water partition coefficient (Wildman–Crippen LogP) is 3.65. The maximum absolute atomic E-state index is 6.01. The normalized spacial score (nSPS) is 33.5. The van der Waals surface area contributed by atoms with Crippen LogP contribution in [0.4, 0.5) is 0 Å².